The molecule has 18 heavy (non-hydrogen) atoms. The van der Waals surface area contributed by atoms with Gasteiger partial charge in [-0.05, 0) is 63.2 Å². The Labute approximate surface area is 110 Å². The highest BCUT2D eigenvalue weighted by atomic mass is 16.1. The molecular formula is C16H25NO. The molecule has 1 N–H and O–H groups in total. The Kier molecular flexibility index (Phi) is 3.45. The lowest BCUT2D eigenvalue weighted by atomic mass is 9.84. The number of hydrogen-bond acceptors (Lipinski definition) is 2. The molecule has 0 aliphatic heterocycles. The van der Waals surface area contributed by atoms with E-state index in [4.69, 9.17) is 0 Å². The smallest absolute Gasteiger partial charge is 0.160 e. The predicted octanol–water partition coefficient (Wildman–Crippen LogP) is 3.43. The van der Waals surface area contributed by atoms with Crippen LogP contribution in [0.15, 0.2) is 11.8 Å². The summed E-state index contributed by atoms with van der Waals surface area (Å²) in [6.07, 6.45) is 11.8. The molecule has 3 saturated carbocycles. The van der Waals surface area contributed by atoms with Crippen molar-refractivity contribution in [2.24, 2.45) is 17.8 Å². The molecule has 2 bridgehead atoms. The van der Waals surface area contributed by atoms with Gasteiger partial charge in [0.25, 0.3) is 0 Å². The third kappa shape index (κ3) is 2.34. The summed E-state index contributed by atoms with van der Waals surface area (Å²) in [5.74, 6) is 3.18. The molecule has 3 fully saturated rings. The molecule has 0 aromatic heterocycles. The van der Waals surface area contributed by atoms with Crippen molar-refractivity contribution in [1.29, 1.82) is 0 Å². The minimum atomic E-state index is 0.369. The Morgan fingerprint density at radius 1 is 1.22 bits per heavy atom. The highest BCUT2D eigenvalue weighted by Gasteiger charge is 2.41. The Morgan fingerprint density at radius 3 is 2.72 bits per heavy atom. The standard InChI is InChI=1S/C16H25NO/c1-11(15-9-12-6-7-13(15)8-12)17-10-14-4-2-3-5-16(14)18/h10-13,15,17H,2-9H2,1H3/b14-10-. The number of Topliss-reactive ketones (excluding diaryl/α,β-unsaturated/α-hetero) is 1. The van der Waals surface area contributed by atoms with E-state index in [2.05, 4.69) is 12.2 Å². The largest absolute Gasteiger partial charge is 0.388 e. The lowest BCUT2D eigenvalue weighted by molar-refractivity contribution is -0.116. The number of nitrogens with one attached hydrogen (secondary N) is 1. The molecule has 3 aliphatic rings. The van der Waals surface area contributed by atoms with Crippen LogP contribution in [0.1, 0.15) is 58.3 Å². The van der Waals surface area contributed by atoms with E-state index in [0.717, 1.165) is 42.6 Å². The first-order valence-corrected chi connectivity index (χ1v) is 7.72. The van der Waals surface area contributed by atoms with Gasteiger partial charge in [0.2, 0.25) is 0 Å². The maximum absolute atomic E-state index is 11.7. The van der Waals surface area contributed by atoms with E-state index in [0.29, 0.717) is 11.8 Å². The van der Waals surface area contributed by atoms with Crippen molar-refractivity contribution in [2.45, 2.75) is 64.3 Å². The number of rotatable bonds is 3. The van der Waals surface area contributed by atoms with Gasteiger partial charge in [-0.1, -0.05) is 6.42 Å². The van der Waals surface area contributed by atoms with Crippen LogP contribution in [0.2, 0.25) is 0 Å². The molecule has 100 valence electrons. The van der Waals surface area contributed by atoms with Crippen LogP contribution in [0.3, 0.4) is 0 Å². The fourth-order valence-corrected chi connectivity index (χ4v) is 4.32. The number of hydrogen-bond donors (Lipinski definition) is 1. The van der Waals surface area contributed by atoms with Crippen LogP contribution >= 0.6 is 0 Å². The van der Waals surface area contributed by atoms with E-state index < -0.39 is 0 Å². The van der Waals surface area contributed by atoms with E-state index >= 15 is 0 Å². The quantitative estimate of drug-likeness (QED) is 0.774. The summed E-state index contributed by atoms with van der Waals surface area (Å²) in [7, 11) is 0. The molecule has 2 heteroatoms. The third-order valence-corrected chi connectivity index (χ3v) is 5.41. The molecule has 2 nitrogen and oxygen atoms in total. The van der Waals surface area contributed by atoms with Crippen LogP contribution in [0.25, 0.3) is 0 Å². The Bertz CT molecular complexity index is 360. The average molecular weight is 247 g/mol. The average Bonchev–Trinajstić information content (AvgIpc) is 2.99. The van der Waals surface area contributed by atoms with Crippen LogP contribution < -0.4 is 5.32 Å². The normalized spacial score (nSPS) is 39.3. The van der Waals surface area contributed by atoms with E-state index in [1.807, 2.05) is 6.20 Å². The van der Waals surface area contributed by atoms with Crippen molar-refractivity contribution < 1.29 is 4.79 Å². The van der Waals surface area contributed by atoms with Crippen LogP contribution in [-0.2, 0) is 4.79 Å². The van der Waals surface area contributed by atoms with Crippen molar-refractivity contribution in [2.75, 3.05) is 0 Å². The lowest BCUT2D eigenvalue weighted by Crippen LogP contribution is -2.33. The Morgan fingerprint density at radius 2 is 2.06 bits per heavy atom. The van der Waals surface area contributed by atoms with Crippen LogP contribution in [0.4, 0.5) is 0 Å². The first kappa shape index (κ1) is 12.3. The molecule has 3 rings (SSSR count). The second-order valence-electron chi connectivity index (χ2n) is 6.59. The van der Waals surface area contributed by atoms with Gasteiger partial charge in [0.1, 0.15) is 0 Å². The number of fused-ring (bicyclic) bond motifs is 2. The zero-order chi connectivity index (χ0) is 12.5. The van der Waals surface area contributed by atoms with Gasteiger partial charge in [-0.3, -0.25) is 4.79 Å². The van der Waals surface area contributed by atoms with Crippen LogP contribution in [-0.4, -0.2) is 11.8 Å². The molecular weight excluding hydrogens is 222 g/mol. The maximum atomic E-state index is 11.7. The van der Waals surface area contributed by atoms with Gasteiger partial charge in [-0.15, -0.1) is 0 Å². The van der Waals surface area contributed by atoms with Gasteiger partial charge in [0.15, 0.2) is 5.78 Å². The molecule has 4 atom stereocenters. The topological polar surface area (TPSA) is 29.1 Å². The second kappa shape index (κ2) is 5.07. The summed E-state index contributed by atoms with van der Waals surface area (Å²) in [5, 5.41) is 3.53. The van der Waals surface area contributed by atoms with Gasteiger partial charge >= 0.3 is 0 Å². The highest BCUT2D eigenvalue weighted by Crippen LogP contribution is 2.49. The van der Waals surface area contributed by atoms with E-state index in [1.165, 1.54) is 32.1 Å². The molecule has 0 spiro atoms. The van der Waals surface area contributed by atoms with E-state index in [1.54, 1.807) is 0 Å². The van der Waals surface area contributed by atoms with E-state index in [-0.39, 0.29) is 0 Å². The van der Waals surface area contributed by atoms with Crippen molar-refractivity contribution in [1.82, 2.24) is 5.32 Å². The highest BCUT2D eigenvalue weighted by molar-refractivity contribution is 5.95. The fraction of sp³-hybridized carbons (Fsp3) is 0.812. The van der Waals surface area contributed by atoms with Gasteiger partial charge in [-0.25, -0.2) is 0 Å². The summed E-state index contributed by atoms with van der Waals surface area (Å²) in [6.45, 7) is 2.30. The fourth-order valence-electron chi connectivity index (χ4n) is 4.32. The zero-order valence-corrected chi connectivity index (χ0v) is 11.5. The first-order valence-electron chi connectivity index (χ1n) is 7.72. The lowest BCUT2D eigenvalue weighted by Gasteiger charge is -2.28. The van der Waals surface area contributed by atoms with Crippen molar-refractivity contribution in [3.05, 3.63) is 11.8 Å². The minimum Gasteiger partial charge on any atom is -0.388 e. The monoisotopic (exact) mass is 247 g/mol. The summed E-state index contributed by atoms with van der Waals surface area (Å²) in [6, 6.07) is 0.544. The van der Waals surface area contributed by atoms with Gasteiger partial charge < -0.3 is 5.32 Å². The Balaban J connectivity index is 1.56. The molecule has 0 amide bonds. The number of ketones is 1. The molecule has 0 aromatic carbocycles. The molecule has 0 aromatic rings. The van der Waals surface area contributed by atoms with Crippen LogP contribution in [0, 0.1) is 17.8 Å². The summed E-state index contributed by atoms with van der Waals surface area (Å²) < 4.78 is 0. The van der Waals surface area contributed by atoms with Gasteiger partial charge in [-0.2, -0.15) is 0 Å². The zero-order valence-electron chi connectivity index (χ0n) is 11.5. The van der Waals surface area contributed by atoms with Gasteiger partial charge in [0.05, 0.1) is 0 Å². The summed E-state index contributed by atoms with van der Waals surface area (Å²) in [5.41, 5.74) is 1.04. The number of allylic oxidation sites excluding steroid dienone is 1. The van der Waals surface area contributed by atoms with Crippen molar-refractivity contribution in [3.8, 4) is 0 Å². The molecule has 0 heterocycles. The van der Waals surface area contributed by atoms with E-state index in [9.17, 15) is 4.79 Å². The van der Waals surface area contributed by atoms with Crippen molar-refractivity contribution >= 4 is 5.78 Å². The summed E-state index contributed by atoms with van der Waals surface area (Å²) >= 11 is 0. The molecule has 4 unspecified atom stereocenters. The summed E-state index contributed by atoms with van der Waals surface area (Å²) in [4.78, 5) is 11.7. The van der Waals surface area contributed by atoms with Crippen LogP contribution in [0.5, 0.6) is 0 Å². The third-order valence-electron chi connectivity index (χ3n) is 5.41. The first-order chi connectivity index (χ1) is 8.74. The predicted molar refractivity (Wildman–Crippen MR) is 73.1 cm³/mol. The number of carbonyl (C=O) groups is 1. The Hall–Kier alpha value is -0.790. The molecule has 0 saturated heterocycles. The molecule has 3 aliphatic carbocycles. The molecule has 0 radical (unpaired) electrons. The minimum absolute atomic E-state index is 0.369. The van der Waals surface area contributed by atoms with Gasteiger partial charge in [0, 0.05) is 24.2 Å². The van der Waals surface area contributed by atoms with Crippen molar-refractivity contribution in [3.63, 3.8) is 0 Å². The number of carbonyl (C=O) groups excluding carboxylic acids is 1. The SMILES string of the molecule is CC(N/C=C1/CCCCC1=O)C1CC2CCC1C2. The second-order valence-corrected chi connectivity index (χ2v) is 6.59. The maximum Gasteiger partial charge on any atom is 0.160 e.